The standard InChI is InChI=1S/C18H18ClN3O4S/c1-27-13-5-4-11-7-12(17(19)21-14(11)8-13)10-26-16(24)3-2-6-22-15(23)9-20-18(22)25/h4-5,7-8H,2-3,6,9-10H2,1H3,(H,20,25). The molecule has 0 bridgehead atoms. The van der Waals surface area contributed by atoms with Crippen LogP contribution in [0.3, 0.4) is 0 Å². The number of amides is 3. The Morgan fingerprint density at radius 2 is 2.19 bits per heavy atom. The van der Waals surface area contributed by atoms with Gasteiger partial charge >= 0.3 is 12.0 Å². The first-order chi connectivity index (χ1) is 13.0. The van der Waals surface area contributed by atoms with E-state index in [1.54, 1.807) is 11.8 Å². The van der Waals surface area contributed by atoms with Crippen molar-refractivity contribution in [3.63, 3.8) is 0 Å². The van der Waals surface area contributed by atoms with Crippen molar-refractivity contribution in [3.8, 4) is 0 Å². The van der Waals surface area contributed by atoms with E-state index in [9.17, 15) is 14.4 Å². The first kappa shape index (κ1) is 19.4. The summed E-state index contributed by atoms with van der Waals surface area (Å²) in [7, 11) is 0. The number of thioether (sulfide) groups is 1. The maximum absolute atomic E-state index is 11.9. The van der Waals surface area contributed by atoms with Crippen LogP contribution in [-0.2, 0) is 20.9 Å². The third-order valence-corrected chi connectivity index (χ3v) is 5.19. The van der Waals surface area contributed by atoms with Gasteiger partial charge < -0.3 is 10.1 Å². The maximum Gasteiger partial charge on any atom is 0.324 e. The number of carbonyl (C=O) groups excluding carboxylic acids is 3. The van der Waals surface area contributed by atoms with E-state index in [0.29, 0.717) is 17.1 Å². The van der Waals surface area contributed by atoms with Crippen molar-refractivity contribution in [1.82, 2.24) is 15.2 Å². The van der Waals surface area contributed by atoms with Gasteiger partial charge in [-0.25, -0.2) is 9.78 Å². The topological polar surface area (TPSA) is 88.6 Å². The van der Waals surface area contributed by atoms with Crippen LogP contribution in [0.15, 0.2) is 29.2 Å². The molecule has 1 fully saturated rings. The minimum Gasteiger partial charge on any atom is -0.461 e. The highest BCUT2D eigenvalue weighted by molar-refractivity contribution is 7.98. The van der Waals surface area contributed by atoms with Crippen molar-refractivity contribution in [2.24, 2.45) is 0 Å². The van der Waals surface area contributed by atoms with Crippen molar-refractivity contribution < 1.29 is 19.1 Å². The second-order valence-electron chi connectivity index (χ2n) is 5.97. The zero-order valence-corrected chi connectivity index (χ0v) is 16.2. The van der Waals surface area contributed by atoms with Crippen LogP contribution in [-0.4, -0.2) is 47.1 Å². The maximum atomic E-state index is 11.9. The van der Waals surface area contributed by atoms with Crippen LogP contribution in [0.1, 0.15) is 18.4 Å². The highest BCUT2D eigenvalue weighted by Gasteiger charge is 2.27. The molecular formula is C18H18ClN3O4S. The summed E-state index contributed by atoms with van der Waals surface area (Å²) in [5, 5.41) is 3.65. The smallest absolute Gasteiger partial charge is 0.324 e. The highest BCUT2D eigenvalue weighted by atomic mass is 35.5. The van der Waals surface area contributed by atoms with Crippen molar-refractivity contribution in [2.75, 3.05) is 19.3 Å². The number of carbonyl (C=O) groups is 3. The van der Waals surface area contributed by atoms with Crippen LogP contribution < -0.4 is 5.32 Å². The Bertz CT molecular complexity index is 890. The monoisotopic (exact) mass is 407 g/mol. The van der Waals surface area contributed by atoms with Crippen LogP contribution in [0.25, 0.3) is 10.9 Å². The number of halogens is 1. The molecular weight excluding hydrogens is 390 g/mol. The van der Waals surface area contributed by atoms with Gasteiger partial charge in [-0.3, -0.25) is 14.5 Å². The van der Waals surface area contributed by atoms with Crippen molar-refractivity contribution in [2.45, 2.75) is 24.3 Å². The lowest BCUT2D eigenvalue weighted by atomic mass is 10.1. The molecule has 142 valence electrons. The Morgan fingerprint density at radius 1 is 1.37 bits per heavy atom. The molecule has 3 amide bonds. The summed E-state index contributed by atoms with van der Waals surface area (Å²) < 4.78 is 5.25. The summed E-state index contributed by atoms with van der Waals surface area (Å²) in [6.45, 7) is 0.221. The van der Waals surface area contributed by atoms with Gasteiger partial charge in [0.15, 0.2) is 0 Å². The van der Waals surface area contributed by atoms with Crippen molar-refractivity contribution in [3.05, 3.63) is 35.0 Å². The highest BCUT2D eigenvalue weighted by Crippen LogP contribution is 2.25. The quantitative estimate of drug-likeness (QED) is 0.328. The molecule has 0 aliphatic carbocycles. The second kappa shape index (κ2) is 8.58. The lowest BCUT2D eigenvalue weighted by Crippen LogP contribution is -2.32. The number of fused-ring (bicyclic) bond motifs is 1. The molecule has 7 nitrogen and oxygen atoms in total. The molecule has 1 aromatic heterocycles. The lowest BCUT2D eigenvalue weighted by Gasteiger charge is -2.12. The Balaban J connectivity index is 1.53. The zero-order valence-electron chi connectivity index (χ0n) is 14.7. The number of hydrogen-bond acceptors (Lipinski definition) is 6. The first-order valence-corrected chi connectivity index (χ1v) is 9.95. The van der Waals surface area contributed by atoms with Gasteiger partial charge in [0.05, 0.1) is 12.1 Å². The molecule has 3 rings (SSSR count). The van der Waals surface area contributed by atoms with Gasteiger partial charge in [0, 0.05) is 28.8 Å². The van der Waals surface area contributed by atoms with Crippen molar-refractivity contribution in [1.29, 1.82) is 0 Å². The Labute approximate surface area is 165 Å². The van der Waals surface area contributed by atoms with E-state index in [1.807, 2.05) is 30.5 Å². The van der Waals surface area contributed by atoms with Gasteiger partial charge in [0.25, 0.3) is 0 Å². The van der Waals surface area contributed by atoms with Gasteiger partial charge in [0.1, 0.15) is 11.8 Å². The zero-order chi connectivity index (χ0) is 19.4. The van der Waals surface area contributed by atoms with E-state index in [1.165, 1.54) is 0 Å². The lowest BCUT2D eigenvalue weighted by molar-refractivity contribution is -0.145. The van der Waals surface area contributed by atoms with Crippen LogP contribution in [0.4, 0.5) is 4.79 Å². The molecule has 2 heterocycles. The van der Waals surface area contributed by atoms with Gasteiger partial charge in [0.2, 0.25) is 5.91 Å². The number of rotatable bonds is 7. The summed E-state index contributed by atoms with van der Waals surface area (Å²) in [4.78, 5) is 41.3. The number of ether oxygens (including phenoxy) is 1. The van der Waals surface area contributed by atoms with E-state index in [4.69, 9.17) is 16.3 Å². The predicted octanol–water partition coefficient (Wildman–Crippen LogP) is 2.99. The van der Waals surface area contributed by atoms with Gasteiger partial charge in [-0.1, -0.05) is 17.7 Å². The second-order valence-corrected chi connectivity index (χ2v) is 7.20. The fourth-order valence-electron chi connectivity index (χ4n) is 2.69. The van der Waals surface area contributed by atoms with Crippen molar-refractivity contribution >= 4 is 52.2 Å². The molecule has 2 aromatic rings. The summed E-state index contributed by atoms with van der Waals surface area (Å²) in [6, 6.07) is 7.33. The number of aromatic nitrogens is 1. The average Bonchev–Trinajstić information content (AvgIpc) is 2.98. The average molecular weight is 408 g/mol. The fraction of sp³-hybridized carbons (Fsp3) is 0.333. The largest absolute Gasteiger partial charge is 0.461 e. The van der Waals surface area contributed by atoms with Crippen LogP contribution in [0.2, 0.25) is 5.15 Å². The number of nitrogens with one attached hydrogen (secondary N) is 1. The first-order valence-electron chi connectivity index (χ1n) is 8.35. The van der Waals surface area contributed by atoms with Gasteiger partial charge in [-0.05, 0) is 30.9 Å². The number of urea groups is 1. The number of esters is 1. The molecule has 1 aromatic carbocycles. The number of imide groups is 1. The summed E-state index contributed by atoms with van der Waals surface area (Å²) >= 11 is 7.83. The molecule has 1 aliphatic rings. The number of pyridine rings is 1. The van der Waals surface area contributed by atoms with E-state index >= 15 is 0 Å². The molecule has 0 saturated carbocycles. The number of hydrogen-bond donors (Lipinski definition) is 1. The molecule has 1 saturated heterocycles. The predicted molar refractivity (Wildman–Crippen MR) is 103 cm³/mol. The Hall–Kier alpha value is -2.32. The SMILES string of the molecule is CSc1ccc2cc(COC(=O)CCCN3C(=O)CNC3=O)c(Cl)nc2c1. The Morgan fingerprint density at radius 3 is 2.89 bits per heavy atom. The Kier molecular flexibility index (Phi) is 6.18. The van der Waals surface area contributed by atoms with E-state index in [-0.39, 0.29) is 32.0 Å². The number of benzene rings is 1. The molecule has 9 heteroatoms. The molecule has 0 atom stereocenters. The number of nitrogens with zero attached hydrogens (tertiary/aromatic N) is 2. The minimum absolute atomic E-state index is 0.00911. The molecule has 0 unspecified atom stereocenters. The summed E-state index contributed by atoms with van der Waals surface area (Å²) in [5.41, 5.74) is 1.42. The summed E-state index contributed by atoms with van der Waals surface area (Å²) in [5.74, 6) is -0.706. The third kappa shape index (κ3) is 4.70. The van der Waals surface area contributed by atoms with Gasteiger partial charge in [-0.2, -0.15) is 0 Å². The summed E-state index contributed by atoms with van der Waals surface area (Å²) in [6.07, 6.45) is 2.44. The fourth-order valence-corrected chi connectivity index (χ4v) is 3.32. The van der Waals surface area contributed by atoms with E-state index in [2.05, 4.69) is 10.3 Å². The van der Waals surface area contributed by atoms with Crippen LogP contribution in [0.5, 0.6) is 0 Å². The molecule has 27 heavy (non-hydrogen) atoms. The molecule has 1 N–H and O–H groups in total. The van der Waals surface area contributed by atoms with Gasteiger partial charge in [-0.15, -0.1) is 11.8 Å². The van der Waals surface area contributed by atoms with E-state index in [0.717, 1.165) is 20.7 Å². The molecule has 1 aliphatic heterocycles. The van der Waals surface area contributed by atoms with Crippen LogP contribution in [0, 0.1) is 0 Å². The van der Waals surface area contributed by atoms with Crippen LogP contribution >= 0.6 is 23.4 Å². The minimum atomic E-state index is -0.424. The molecule has 0 spiro atoms. The van der Waals surface area contributed by atoms with E-state index < -0.39 is 12.0 Å². The third-order valence-electron chi connectivity index (χ3n) is 4.14. The molecule has 0 radical (unpaired) electrons. The normalized spacial score (nSPS) is 13.9.